The summed E-state index contributed by atoms with van der Waals surface area (Å²) in [6.45, 7) is 3.22. The number of halogens is 3. The van der Waals surface area contributed by atoms with E-state index in [9.17, 15) is 13.2 Å². The molecule has 0 atom stereocenters. The molecule has 6 heteroatoms. The van der Waals surface area contributed by atoms with Gasteiger partial charge in [0.25, 0.3) is 0 Å². The Hall–Kier alpha value is -0.520. The molecule has 1 N–H and O–H groups in total. The van der Waals surface area contributed by atoms with E-state index < -0.39 is 12.7 Å². The Labute approximate surface area is 81.1 Å². The highest BCUT2D eigenvalue weighted by atomic mass is 32.1. The van der Waals surface area contributed by atoms with Crippen molar-refractivity contribution in [3.8, 4) is 0 Å². The monoisotopic (exact) mass is 214 g/mol. The molecule has 0 aromatic carbocycles. The molecule has 0 aromatic rings. The van der Waals surface area contributed by atoms with Gasteiger partial charge in [-0.15, -0.1) is 0 Å². The smallest absolute Gasteiger partial charge is 0.363 e. The lowest BCUT2D eigenvalue weighted by Crippen LogP contribution is -2.44. The number of rotatable bonds is 3. The Morgan fingerprint density at radius 1 is 1.38 bits per heavy atom. The fourth-order valence-corrected chi connectivity index (χ4v) is 1.14. The molecule has 0 saturated carbocycles. The first-order chi connectivity index (χ1) is 5.90. The second-order valence-electron chi connectivity index (χ2n) is 2.46. The van der Waals surface area contributed by atoms with Gasteiger partial charge in [0.15, 0.2) is 5.11 Å². The SMILES string of the molecule is CCNC(=S)N(CC)CC(F)(F)F. The van der Waals surface area contributed by atoms with Crippen molar-refractivity contribution in [3.05, 3.63) is 0 Å². The summed E-state index contributed by atoms with van der Waals surface area (Å²) in [4.78, 5) is 1.08. The van der Waals surface area contributed by atoms with Gasteiger partial charge in [-0.25, -0.2) is 0 Å². The van der Waals surface area contributed by atoms with Crippen LogP contribution in [0, 0.1) is 0 Å². The van der Waals surface area contributed by atoms with Crippen LogP contribution < -0.4 is 5.32 Å². The summed E-state index contributed by atoms with van der Waals surface area (Å²) >= 11 is 4.76. The van der Waals surface area contributed by atoms with Crippen molar-refractivity contribution in [2.24, 2.45) is 0 Å². The highest BCUT2D eigenvalue weighted by molar-refractivity contribution is 7.80. The van der Waals surface area contributed by atoms with Gasteiger partial charge in [0.2, 0.25) is 0 Å². The fraction of sp³-hybridized carbons (Fsp3) is 0.857. The molecule has 0 spiro atoms. The molecule has 0 heterocycles. The average molecular weight is 214 g/mol. The van der Waals surface area contributed by atoms with Gasteiger partial charge >= 0.3 is 6.18 Å². The van der Waals surface area contributed by atoms with E-state index in [-0.39, 0.29) is 11.7 Å². The molecule has 0 aromatic heterocycles. The third-order valence-corrected chi connectivity index (χ3v) is 1.77. The lowest BCUT2D eigenvalue weighted by molar-refractivity contribution is -0.137. The molecule has 2 nitrogen and oxygen atoms in total. The summed E-state index contributed by atoms with van der Waals surface area (Å²) in [5, 5.41) is 2.83. The van der Waals surface area contributed by atoms with Gasteiger partial charge in [-0.1, -0.05) is 0 Å². The maximum absolute atomic E-state index is 12.0. The van der Waals surface area contributed by atoms with E-state index >= 15 is 0 Å². The Bertz CT molecular complexity index is 170. The lowest BCUT2D eigenvalue weighted by Gasteiger charge is -2.24. The Morgan fingerprint density at radius 2 is 1.92 bits per heavy atom. The van der Waals surface area contributed by atoms with E-state index in [0.717, 1.165) is 4.90 Å². The predicted molar refractivity (Wildman–Crippen MR) is 49.6 cm³/mol. The zero-order valence-electron chi connectivity index (χ0n) is 7.61. The van der Waals surface area contributed by atoms with Crippen LogP contribution in [0.1, 0.15) is 13.8 Å². The molecule has 0 aliphatic rings. The maximum Gasteiger partial charge on any atom is 0.406 e. The van der Waals surface area contributed by atoms with Crippen LogP contribution in [0.4, 0.5) is 13.2 Å². The molecule has 0 amide bonds. The summed E-state index contributed by atoms with van der Waals surface area (Å²) < 4.78 is 35.9. The summed E-state index contributed by atoms with van der Waals surface area (Å²) in [6, 6.07) is 0. The van der Waals surface area contributed by atoms with Crippen molar-refractivity contribution in [3.63, 3.8) is 0 Å². The first-order valence-electron chi connectivity index (χ1n) is 4.00. The minimum atomic E-state index is -4.20. The van der Waals surface area contributed by atoms with E-state index in [4.69, 9.17) is 12.2 Å². The average Bonchev–Trinajstić information content (AvgIpc) is 1.99. The molecule has 0 aliphatic carbocycles. The van der Waals surface area contributed by atoms with Crippen LogP contribution in [0.5, 0.6) is 0 Å². The lowest BCUT2D eigenvalue weighted by atomic mass is 10.5. The van der Waals surface area contributed by atoms with E-state index in [0.29, 0.717) is 6.54 Å². The third-order valence-electron chi connectivity index (χ3n) is 1.37. The van der Waals surface area contributed by atoms with E-state index in [1.54, 1.807) is 13.8 Å². The second kappa shape index (κ2) is 5.26. The summed E-state index contributed by atoms with van der Waals surface area (Å²) in [5.74, 6) is 0. The van der Waals surface area contributed by atoms with Crippen molar-refractivity contribution in [2.75, 3.05) is 19.6 Å². The molecule has 13 heavy (non-hydrogen) atoms. The third kappa shape index (κ3) is 5.68. The van der Waals surface area contributed by atoms with Crippen LogP contribution in [0.3, 0.4) is 0 Å². The van der Waals surface area contributed by atoms with Gasteiger partial charge < -0.3 is 10.2 Å². The summed E-state index contributed by atoms with van der Waals surface area (Å²) in [5.41, 5.74) is 0. The number of thiocarbonyl (C=S) groups is 1. The molecule has 0 radical (unpaired) electrons. The molecule has 0 rings (SSSR count). The van der Waals surface area contributed by atoms with Crippen LogP contribution in [0.25, 0.3) is 0 Å². The molecule has 0 fully saturated rings. The van der Waals surface area contributed by atoms with E-state index in [1.807, 2.05) is 0 Å². The first-order valence-corrected chi connectivity index (χ1v) is 4.41. The number of nitrogens with zero attached hydrogens (tertiary/aromatic N) is 1. The predicted octanol–water partition coefficient (Wildman–Crippen LogP) is 1.77. The van der Waals surface area contributed by atoms with Gasteiger partial charge in [-0.2, -0.15) is 13.2 Å². The number of hydrogen-bond acceptors (Lipinski definition) is 1. The summed E-state index contributed by atoms with van der Waals surface area (Å²) in [7, 11) is 0. The standard InChI is InChI=1S/C7H13F3N2S/c1-3-11-6(13)12(4-2)5-7(8,9)10/h3-5H2,1-2H3,(H,11,13). The van der Waals surface area contributed by atoms with Crippen molar-refractivity contribution in [2.45, 2.75) is 20.0 Å². The molecular formula is C7H13F3N2S. The molecule has 0 unspecified atom stereocenters. The van der Waals surface area contributed by atoms with Crippen LogP contribution in [-0.4, -0.2) is 35.8 Å². The van der Waals surface area contributed by atoms with Crippen molar-refractivity contribution in [1.82, 2.24) is 10.2 Å². The topological polar surface area (TPSA) is 15.3 Å². The largest absolute Gasteiger partial charge is 0.406 e. The molecule has 0 saturated heterocycles. The number of hydrogen-bond donors (Lipinski definition) is 1. The van der Waals surface area contributed by atoms with Crippen molar-refractivity contribution in [1.29, 1.82) is 0 Å². The zero-order chi connectivity index (χ0) is 10.5. The van der Waals surface area contributed by atoms with Crippen LogP contribution in [0.2, 0.25) is 0 Å². The molecular weight excluding hydrogens is 201 g/mol. The minimum absolute atomic E-state index is 0.155. The summed E-state index contributed by atoms with van der Waals surface area (Å²) in [6.07, 6.45) is -4.20. The highest BCUT2D eigenvalue weighted by Crippen LogP contribution is 2.16. The quantitative estimate of drug-likeness (QED) is 0.721. The van der Waals surface area contributed by atoms with Gasteiger partial charge in [0.05, 0.1) is 0 Å². The minimum Gasteiger partial charge on any atom is -0.363 e. The van der Waals surface area contributed by atoms with Gasteiger partial charge in [0, 0.05) is 13.1 Å². The van der Waals surface area contributed by atoms with E-state index in [2.05, 4.69) is 5.32 Å². The fourth-order valence-electron chi connectivity index (χ4n) is 0.807. The number of nitrogens with one attached hydrogen (secondary N) is 1. The normalized spacial score (nSPS) is 11.2. The Kier molecular flexibility index (Phi) is 5.05. The van der Waals surface area contributed by atoms with Gasteiger partial charge in [-0.3, -0.25) is 0 Å². The Morgan fingerprint density at radius 3 is 2.23 bits per heavy atom. The number of alkyl halides is 3. The van der Waals surface area contributed by atoms with Crippen molar-refractivity contribution < 1.29 is 13.2 Å². The van der Waals surface area contributed by atoms with E-state index in [1.165, 1.54) is 0 Å². The first kappa shape index (κ1) is 12.5. The van der Waals surface area contributed by atoms with Crippen LogP contribution >= 0.6 is 12.2 Å². The highest BCUT2D eigenvalue weighted by Gasteiger charge is 2.30. The zero-order valence-corrected chi connectivity index (χ0v) is 8.43. The molecule has 0 bridgehead atoms. The van der Waals surface area contributed by atoms with Crippen molar-refractivity contribution >= 4 is 17.3 Å². The van der Waals surface area contributed by atoms with Gasteiger partial charge in [0.1, 0.15) is 6.54 Å². The maximum atomic E-state index is 12.0. The molecule has 78 valence electrons. The van der Waals surface area contributed by atoms with Crippen LogP contribution in [-0.2, 0) is 0 Å². The van der Waals surface area contributed by atoms with Gasteiger partial charge in [-0.05, 0) is 26.1 Å². The second-order valence-corrected chi connectivity index (χ2v) is 2.85. The molecule has 0 aliphatic heterocycles. The Balaban J connectivity index is 4.10. The van der Waals surface area contributed by atoms with Crippen LogP contribution in [0.15, 0.2) is 0 Å².